The maximum absolute atomic E-state index is 12.9. The number of ether oxygens (including phenoxy) is 2. The third-order valence-corrected chi connectivity index (χ3v) is 10.6. The first-order valence-electron chi connectivity index (χ1n) is 18.5. The summed E-state index contributed by atoms with van der Waals surface area (Å²) in [5, 5.41) is 60.3. The first-order valence-corrected chi connectivity index (χ1v) is 19.7. The highest BCUT2D eigenvalue weighted by Gasteiger charge is 2.48. The molecule has 1 heterocycles. The zero-order chi connectivity index (χ0) is 41.7. The van der Waals surface area contributed by atoms with Gasteiger partial charge in [0.2, 0.25) is 23.6 Å². The van der Waals surface area contributed by atoms with Crippen LogP contribution < -0.4 is 33.2 Å². The molecule has 0 unspecified atom stereocenters. The molecule has 20 heteroatoms. The summed E-state index contributed by atoms with van der Waals surface area (Å²) in [5.74, 6) is -1.87. The van der Waals surface area contributed by atoms with Crippen LogP contribution in [0, 0.1) is 5.41 Å². The number of nitrogens with two attached hydrogens (primary N) is 3. The number of benzene rings is 1. The Kier molecular flexibility index (Phi) is 18.5. The summed E-state index contributed by atoms with van der Waals surface area (Å²) in [6, 6.07) is 6.38. The molecule has 19 nitrogen and oxygen atoms in total. The van der Waals surface area contributed by atoms with E-state index in [2.05, 4.69) is 16.0 Å². The quantitative estimate of drug-likeness (QED) is 0.0439. The number of hydrogen-bond donors (Lipinski definition) is 11. The minimum absolute atomic E-state index is 0.00516. The van der Waals surface area contributed by atoms with Gasteiger partial charge in [-0.3, -0.25) is 24.0 Å². The van der Waals surface area contributed by atoms with Gasteiger partial charge in [0, 0.05) is 62.4 Å². The summed E-state index contributed by atoms with van der Waals surface area (Å²) in [7, 11) is 0. The monoisotopic (exact) mass is 813 g/mol. The van der Waals surface area contributed by atoms with Crippen LogP contribution in [-0.4, -0.2) is 165 Å². The summed E-state index contributed by atoms with van der Waals surface area (Å²) in [6.07, 6.45) is -11.1. The van der Waals surface area contributed by atoms with Gasteiger partial charge in [-0.15, -0.1) is 0 Å². The second-order valence-electron chi connectivity index (χ2n) is 15.0. The smallest absolute Gasteiger partial charge is 0.249 e. The van der Waals surface area contributed by atoms with Gasteiger partial charge in [-0.05, 0) is 18.9 Å². The van der Waals surface area contributed by atoms with Gasteiger partial charge in [0.05, 0.1) is 24.3 Å². The van der Waals surface area contributed by atoms with Crippen LogP contribution in [0.15, 0.2) is 30.3 Å². The SMILES string of the molecule is CC(=O)CC(=O)N(Cc1ccccc1)CC(C)(C)[C@@H](O)C(=O)NCCC(=O)NCCSCC(=O)NC[C@H]1O[C@H](O[C@H]2[C@H](O)[C@@H](O)[C@H](N)C[C@@H]2N)[C@H](N)[C@@H](O)[C@@H]1O. The molecule has 2 aliphatic rings. The van der Waals surface area contributed by atoms with E-state index >= 15 is 0 Å². The Morgan fingerprint density at radius 3 is 2.27 bits per heavy atom. The fraction of sp³-hybridized carbons (Fsp3) is 0.694. The van der Waals surface area contributed by atoms with Crippen molar-refractivity contribution in [2.45, 2.75) is 114 Å². The van der Waals surface area contributed by atoms with Crippen molar-refractivity contribution in [3.8, 4) is 0 Å². The molecular formula is C36H59N7O12S. The van der Waals surface area contributed by atoms with Crippen molar-refractivity contribution >= 4 is 41.2 Å². The van der Waals surface area contributed by atoms with E-state index in [9.17, 15) is 49.5 Å². The van der Waals surface area contributed by atoms with Gasteiger partial charge in [-0.25, -0.2) is 0 Å². The van der Waals surface area contributed by atoms with Gasteiger partial charge >= 0.3 is 0 Å². The number of carbonyl (C=O) groups is 5. The number of aliphatic hydroxyl groups excluding tert-OH is 5. The van der Waals surface area contributed by atoms with E-state index < -0.39 is 90.3 Å². The molecule has 1 aromatic carbocycles. The molecule has 3 rings (SSSR count). The fourth-order valence-corrected chi connectivity index (χ4v) is 7.02. The molecule has 1 aliphatic carbocycles. The molecule has 0 bridgehead atoms. The van der Waals surface area contributed by atoms with Crippen LogP contribution in [0.2, 0.25) is 0 Å². The molecular weight excluding hydrogens is 754 g/mol. The van der Waals surface area contributed by atoms with E-state index in [1.165, 1.54) is 23.6 Å². The highest BCUT2D eigenvalue weighted by molar-refractivity contribution is 7.99. The zero-order valence-electron chi connectivity index (χ0n) is 32.0. The molecule has 0 aromatic heterocycles. The van der Waals surface area contributed by atoms with Crippen LogP contribution in [0.5, 0.6) is 0 Å². The van der Waals surface area contributed by atoms with Crippen LogP contribution in [0.1, 0.15) is 45.6 Å². The first-order chi connectivity index (χ1) is 26.3. The van der Waals surface area contributed by atoms with Crippen molar-refractivity contribution in [2.24, 2.45) is 22.6 Å². The lowest BCUT2D eigenvalue weighted by Gasteiger charge is -2.45. The molecule has 14 N–H and O–H groups in total. The predicted octanol–water partition coefficient (Wildman–Crippen LogP) is -4.21. The maximum atomic E-state index is 12.9. The Bertz CT molecular complexity index is 1460. The van der Waals surface area contributed by atoms with Crippen molar-refractivity contribution in [3.05, 3.63) is 35.9 Å². The van der Waals surface area contributed by atoms with Crippen molar-refractivity contribution in [2.75, 3.05) is 37.7 Å². The molecule has 0 radical (unpaired) electrons. The van der Waals surface area contributed by atoms with E-state index in [4.69, 9.17) is 26.7 Å². The van der Waals surface area contributed by atoms with Crippen LogP contribution >= 0.6 is 11.8 Å². The number of carbonyl (C=O) groups excluding carboxylic acids is 5. The molecule has 2 fully saturated rings. The highest BCUT2D eigenvalue weighted by Crippen LogP contribution is 2.28. The van der Waals surface area contributed by atoms with E-state index in [-0.39, 0.29) is 69.4 Å². The normalized spacial score (nSPS) is 28.5. The zero-order valence-corrected chi connectivity index (χ0v) is 32.8. The largest absolute Gasteiger partial charge is 0.389 e. The Morgan fingerprint density at radius 2 is 1.61 bits per heavy atom. The number of amides is 4. The molecule has 56 heavy (non-hydrogen) atoms. The van der Waals surface area contributed by atoms with Crippen LogP contribution in [0.4, 0.5) is 0 Å². The number of hydrogen-bond acceptors (Lipinski definition) is 16. The van der Waals surface area contributed by atoms with E-state index in [1.807, 2.05) is 30.3 Å². The number of aliphatic hydroxyl groups is 5. The maximum Gasteiger partial charge on any atom is 0.249 e. The lowest BCUT2D eigenvalue weighted by Crippen LogP contribution is -2.67. The Balaban J connectivity index is 1.34. The average Bonchev–Trinajstić information content (AvgIpc) is 3.14. The summed E-state index contributed by atoms with van der Waals surface area (Å²) in [4.78, 5) is 63.6. The van der Waals surface area contributed by atoms with Crippen molar-refractivity contribution in [3.63, 3.8) is 0 Å². The number of nitrogens with zero attached hydrogens (tertiary/aromatic N) is 1. The molecule has 4 amide bonds. The van der Waals surface area contributed by atoms with Gasteiger partial charge in [-0.1, -0.05) is 44.2 Å². The molecule has 0 spiro atoms. The van der Waals surface area contributed by atoms with Crippen molar-refractivity contribution < 1.29 is 59.0 Å². The minimum Gasteiger partial charge on any atom is -0.389 e. The third kappa shape index (κ3) is 14.0. The van der Waals surface area contributed by atoms with E-state index in [0.29, 0.717) is 5.75 Å². The van der Waals surface area contributed by atoms with Gasteiger partial charge in [0.1, 0.15) is 42.4 Å². The molecule has 1 saturated heterocycles. The second-order valence-corrected chi connectivity index (χ2v) is 16.1. The number of thioether (sulfide) groups is 1. The Morgan fingerprint density at radius 1 is 0.929 bits per heavy atom. The Labute approximate surface area is 330 Å². The number of ketones is 1. The summed E-state index contributed by atoms with van der Waals surface area (Å²) >= 11 is 1.21. The van der Waals surface area contributed by atoms with Crippen LogP contribution in [0.25, 0.3) is 0 Å². The van der Waals surface area contributed by atoms with Gasteiger partial charge in [0.25, 0.3) is 0 Å². The number of rotatable bonds is 20. The first kappa shape index (κ1) is 47.1. The standard InChI is InChI=1S/C36H59N7O12S/c1-19(44)13-26(47)43(16-20-7-5-4-6-8-20)18-36(2,3)33(52)34(53)41-10-9-24(45)40-11-12-56-17-25(46)42-15-23-29(49)30(50)27(39)35(54-23)55-32-22(38)14-21(37)28(48)31(32)51/h4-8,21-23,27-33,35,48-52H,9-18,37-39H2,1-3H3,(H,40,45)(H,41,53)(H,42,46)/t21-,22+,23-,27-,28+,29-,30-,31-,32-,33+,35-/m1/s1. The minimum atomic E-state index is -1.52. The molecule has 1 aromatic rings. The van der Waals surface area contributed by atoms with Crippen molar-refractivity contribution in [1.82, 2.24) is 20.9 Å². The summed E-state index contributed by atoms with van der Waals surface area (Å²) < 4.78 is 11.5. The third-order valence-electron chi connectivity index (χ3n) is 9.64. The summed E-state index contributed by atoms with van der Waals surface area (Å²) in [6.45, 7) is 4.70. The summed E-state index contributed by atoms with van der Waals surface area (Å²) in [5.41, 5.74) is 17.6. The second kappa shape index (κ2) is 22.0. The molecule has 11 atom stereocenters. The lowest BCUT2D eigenvalue weighted by atomic mass is 9.84. The van der Waals surface area contributed by atoms with Crippen LogP contribution in [-0.2, 0) is 40.0 Å². The average molecular weight is 814 g/mol. The van der Waals surface area contributed by atoms with Gasteiger partial charge < -0.3 is 73.1 Å². The topological polar surface area (TPSA) is 322 Å². The fourth-order valence-electron chi connectivity index (χ4n) is 6.34. The molecule has 316 valence electrons. The Hall–Kier alpha value is -3.28. The lowest BCUT2D eigenvalue weighted by molar-refractivity contribution is -0.288. The highest BCUT2D eigenvalue weighted by atomic mass is 32.2. The van der Waals surface area contributed by atoms with Crippen molar-refractivity contribution in [1.29, 1.82) is 0 Å². The molecule has 1 saturated carbocycles. The van der Waals surface area contributed by atoms with Gasteiger partial charge in [0.15, 0.2) is 6.29 Å². The number of nitrogens with one attached hydrogen (secondary N) is 3. The van der Waals surface area contributed by atoms with Gasteiger partial charge in [-0.2, -0.15) is 11.8 Å². The number of Topliss-reactive ketones (excluding diaryl/α,β-unsaturated/α-hetero) is 1. The molecule has 1 aliphatic heterocycles. The van der Waals surface area contributed by atoms with E-state index in [1.54, 1.807) is 13.8 Å². The predicted molar refractivity (Wildman–Crippen MR) is 204 cm³/mol. The van der Waals surface area contributed by atoms with Crippen LogP contribution in [0.3, 0.4) is 0 Å². The van der Waals surface area contributed by atoms with E-state index in [0.717, 1.165) is 5.56 Å².